The second-order valence-corrected chi connectivity index (χ2v) is 4.84. The lowest BCUT2D eigenvalue weighted by Crippen LogP contribution is -2.14. The first-order chi connectivity index (χ1) is 9.58. The molecule has 0 fully saturated rings. The van der Waals surface area contributed by atoms with Crippen LogP contribution >= 0.6 is 22.9 Å². The van der Waals surface area contributed by atoms with E-state index in [2.05, 4.69) is 25.2 Å². The molecule has 9 heteroatoms. The van der Waals surface area contributed by atoms with Crippen LogP contribution in [0.1, 0.15) is 16.2 Å². The Morgan fingerprint density at radius 2 is 2.20 bits per heavy atom. The molecule has 0 bridgehead atoms. The average Bonchev–Trinajstić information content (AvgIpc) is 2.86. The second-order valence-electron chi connectivity index (χ2n) is 3.59. The van der Waals surface area contributed by atoms with Crippen LogP contribution in [-0.2, 0) is 16.0 Å². The van der Waals surface area contributed by atoms with Gasteiger partial charge >= 0.3 is 5.97 Å². The highest BCUT2D eigenvalue weighted by molar-refractivity contribution is 7.14. The molecule has 1 N–H and O–H groups in total. The monoisotopic (exact) mass is 312 g/mol. The van der Waals surface area contributed by atoms with E-state index in [-0.39, 0.29) is 17.3 Å². The van der Waals surface area contributed by atoms with Crippen molar-refractivity contribution in [2.24, 2.45) is 0 Å². The van der Waals surface area contributed by atoms with E-state index >= 15 is 0 Å². The highest BCUT2D eigenvalue weighted by Gasteiger charge is 2.12. The molecule has 2 aromatic rings. The number of hydrogen-bond donors (Lipinski definition) is 1. The van der Waals surface area contributed by atoms with Gasteiger partial charge in [-0.15, -0.1) is 21.5 Å². The van der Waals surface area contributed by atoms with Gasteiger partial charge in [-0.1, -0.05) is 11.6 Å². The van der Waals surface area contributed by atoms with Crippen LogP contribution in [0, 0.1) is 0 Å². The summed E-state index contributed by atoms with van der Waals surface area (Å²) in [4.78, 5) is 27.0. The minimum Gasteiger partial charge on any atom is -0.469 e. The highest BCUT2D eigenvalue weighted by atomic mass is 35.5. The van der Waals surface area contributed by atoms with Crippen LogP contribution < -0.4 is 5.32 Å². The Hall–Kier alpha value is -2.06. The zero-order valence-electron chi connectivity index (χ0n) is 10.3. The Morgan fingerprint density at radius 3 is 2.85 bits per heavy atom. The number of halogens is 1. The van der Waals surface area contributed by atoms with Gasteiger partial charge in [0.25, 0.3) is 5.91 Å². The number of carbonyl (C=O) groups excluding carboxylic acids is 2. The number of amides is 1. The molecule has 0 aliphatic rings. The molecule has 0 unspecified atom stereocenters. The molecule has 0 aromatic carbocycles. The number of esters is 1. The maximum Gasteiger partial charge on any atom is 0.311 e. The van der Waals surface area contributed by atoms with Gasteiger partial charge in [-0.3, -0.25) is 14.9 Å². The third kappa shape index (κ3) is 3.72. The van der Waals surface area contributed by atoms with Gasteiger partial charge in [-0.05, 0) is 12.1 Å². The van der Waals surface area contributed by atoms with Crippen LogP contribution in [-0.4, -0.2) is 34.2 Å². The third-order valence-electron chi connectivity index (χ3n) is 2.19. The smallest absolute Gasteiger partial charge is 0.311 e. The van der Waals surface area contributed by atoms with Crippen molar-refractivity contribution < 1.29 is 14.3 Å². The molecule has 7 nitrogen and oxygen atoms in total. The van der Waals surface area contributed by atoms with E-state index < -0.39 is 11.9 Å². The first kappa shape index (κ1) is 14.4. The maximum atomic E-state index is 11.8. The van der Waals surface area contributed by atoms with Gasteiger partial charge in [0, 0.05) is 5.38 Å². The molecular weight excluding hydrogens is 304 g/mol. The summed E-state index contributed by atoms with van der Waals surface area (Å²) in [6, 6.07) is 2.92. The molecule has 20 heavy (non-hydrogen) atoms. The molecule has 0 aliphatic carbocycles. The Morgan fingerprint density at radius 1 is 1.40 bits per heavy atom. The van der Waals surface area contributed by atoms with Gasteiger partial charge in [0.1, 0.15) is 0 Å². The number of thiazole rings is 1. The van der Waals surface area contributed by atoms with E-state index in [0.29, 0.717) is 10.8 Å². The number of anilines is 1. The Labute approximate surface area is 123 Å². The summed E-state index contributed by atoms with van der Waals surface area (Å²) in [5.74, 6) is -0.843. The number of nitrogens with one attached hydrogen (secondary N) is 1. The van der Waals surface area contributed by atoms with Crippen LogP contribution in [0.5, 0.6) is 0 Å². The van der Waals surface area contributed by atoms with Crippen molar-refractivity contribution in [3.8, 4) is 0 Å². The van der Waals surface area contributed by atoms with Crippen molar-refractivity contribution in [2.45, 2.75) is 6.42 Å². The van der Waals surface area contributed by atoms with Gasteiger partial charge in [-0.2, -0.15) is 0 Å². The Kier molecular flexibility index (Phi) is 4.59. The number of hydrogen-bond acceptors (Lipinski definition) is 7. The van der Waals surface area contributed by atoms with Gasteiger partial charge in [0.15, 0.2) is 16.0 Å². The van der Waals surface area contributed by atoms with Crippen LogP contribution in [0.15, 0.2) is 17.5 Å². The minimum atomic E-state index is -0.451. The molecule has 1 amide bonds. The summed E-state index contributed by atoms with van der Waals surface area (Å²) >= 11 is 6.79. The molecule has 2 rings (SSSR count). The van der Waals surface area contributed by atoms with Crippen molar-refractivity contribution in [1.82, 2.24) is 15.2 Å². The quantitative estimate of drug-likeness (QED) is 0.861. The van der Waals surface area contributed by atoms with E-state index in [1.165, 1.54) is 30.6 Å². The largest absolute Gasteiger partial charge is 0.469 e. The van der Waals surface area contributed by atoms with Crippen molar-refractivity contribution in [3.05, 3.63) is 34.1 Å². The van der Waals surface area contributed by atoms with Crippen molar-refractivity contribution in [2.75, 3.05) is 12.4 Å². The Balaban J connectivity index is 2.01. The molecule has 104 valence electrons. The fourth-order valence-corrected chi connectivity index (χ4v) is 2.07. The topological polar surface area (TPSA) is 94.1 Å². The third-order valence-corrected chi connectivity index (χ3v) is 3.20. The molecule has 0 saturated carbocycles. The van der Waals surface area contributed by atoms with Crippen LogP contribution in [0.3, 0.4) is 0 Å². The lowest BCUT2D eigenvalue weighted by Gasteiger charge is -1.99. The predicted molar refractivity (Wildman–Crippen MR) is 72.8 cm³/mol. The summed E-state index contributed by atoms with van der Waals surface area (Å²) in [7, 11) is 1.30. The fourth-order valence-electron chi connectivity index (χ4n) is 1.26. The zero-order valence-corrected chi connectivity index (χ0v) is 11.9. The number of ether oxygens (including phenoxy) is 1. The first-order valence-corrected chi connectivity index (χ1v) is 6.66. The van der Waals surface area contributed by atoms with E-state index in [0.717, 1.165) is 0 Å². The zero-order chi connectivity index (χ0) is 14.5. The van der Waals surface area contributed by atoms with E-state index in [1.54, 1.807) is 5.38 Å². The van der Waals surface area contributed by atoms with Crippen LogP contribution in [0.4, 0.5) is 5.13 Å². The lowest BCUT2D eigenvalue weighted by atomic mass is 10.3. The van der Waals surface area contributed by atoms with Crippen molar-refractivity contribution in [1.29, 1.82) is 0 Å². The second kappa shape index (κ2) is 6.40. The Bertz CT molecular complexity index is 629. The molecule has 2 heterocycles. The molecule has 0 radical (unpaired) electrons. The van der Waals surface area contributed by atoms with Crippen molar-refractivity contribution in [3.63, 3.8) is 0 Å². The first-order valence-electron chi connectivity index (χ1n) is 5.40. The van der Waals surface area contributed by atoms with Gasteiger partial charge in [0.05, 0.1) is 19.2 Å². The van der Waals surface area contributed by atoms with Gasteiger partial charge in [-0.25, -0.2) is 4.98 Å². The molecule has 2 aromatic heterocycles. The van der Waals surface area contributed by atoms with Crippen LogP contribution in [0.2, 0.25) is 5.15 Å². The van der Waals surface area contributed by atoms with Gasteiger partial charge < -0.3 is 4.74 Å². The van der Waals surface area contributed by atoms with Crippen LogP contribution in [0.25, 0.3) is 0 Å². The summed E-state index contributed by atoms with van der Waals surface area (Å²) in [6.45, 7) is 0. The maximum absolute atomic E-state index is 11.8. The summed E-state index contributed by atoms with van der Waals surface area (Å²) in [6.07, 6.45) is 0.0591. The molecular formula is C11H9ClN4O3S. The van der Waals surface area contributed by atoms with Crippen molar-refractivity contribution >= 4 is 39.9 Å². The predicted octanol–water partition coefficient (Wildman–Crippen LogP) is 1.55. The SMILES string of the molecule is COC(=O)Cc1csc(NC(=O)c2ccc(Cl)nn2)n1. The number of nitrogens with zero attached hydrogens (tertiary/aromatic N) is 3. The number of methoxy groups -OCH3 is 1. The average molecular weight is 313 g/mol. The summed E-state index contributed by atoms with van der Waals surface area (Å²) in [5, 5.41) is 12.0. The lowest BCUT2D eigenvalue weighted by molar-refractivity contribution is -0.139. The molecule has 0 saturated heterocycles. The molecule has 0 spiro atoms. The molecule has 0 atom stereocenters. The van der Waals surface area contributed by atoms with Gasteiger partial charge in [0.2, 0.25) is 0 Å². The van der Waals surface area contributed by atoms with E-state index in [9.17, 15) is 9.59 Å². The number of carbonyl (C=O) groups is 2. The number of aromatic nitrogens is 3. The normalized spacial score (nSPS) is 10.1. The minimum absolute atomic E-state index is 0.0591. The summed E-state index contributed by atoms with van der Waals surface area (Å²) in [5.41, 5.74) is 0.651. The number of rotatable bonds is 4. The fraction of sp³-hybridized carbons (Fsp3) is 0.182. The van der Waals surface area contributed by atoms with E-state index in [1.807, 2.05) is 0 Å². The molecule has 0 aliphatic heterocycles. The summed E-state index contributed by atoms with van der Waals surface area (Å²) < 4.78 is 4.53. The highest BCUT2D eigenvalue weighted by Crippen LogP contribution is 2.17. The van der Waals surface area contributed by atoms with E-state index in [4.69, 9.17) is 11.6 Å². The standard InChI is InChI=1S/C11H9ClN4O3S/c1-19-9(17)4-6-5-20-11(13-6)14-10(18)7-2-3-8(12)16-15-7/h2-3,5H,4H2,1H3,(H,13,14,18).